The molecule has 2 amide bonds. The number of hydrogen-bond acceptors (Lipinski definition) is 5. The van der Waals surface area contributed by atoms with E-state index in [1.807, 2.05) is 30.3 Å². The lowest BCUT2D eigenvalue weighted by Crippen LogP contribution is -2.36. The van der Waals surface area contributed by atoms with E-state index in [0.29, 0.717) is 44.2 Å². The summed E-state index contributed by atoms with van der Waals surface area (Å²) in [7, 11) is 1.78. The van der Waals surface area contributed by atoms with Gasteiger partial charge in [0.05, 0.1) is 19.1 Å². The Morgan fingerprint density at radius 2 is 2.03 bits per heavy atom. The Hall–Kier alpha value is -2.93. The largest absolute Gasteiger partial charge is 0.472 e. The molecular weight excluding hydrogens is 370 g/mol. The second kappa shape index (κ2) is 8.61. The van der Waals surface area contributed by atoms with Crippen LogP contribution in [0.4, 0.5) is 5.69 Å². The van der Waals surface area contributed by atoms with E-state index < -0.39 is 0 Å². The second-order valence-electron chi connectivity index (χ2n) is 7.46. The molecule has 4 rings (SSSR count). The van der Waals surface area contributed by atoms with Crippen LogP contribution in [0.3, 0.4) is 0 Å². The third-order valence-corrected chi connectivity index (χ3v) is 5.46. The number of ether oxygens (including phenoxy) is 2. The van der Waals surface area contributed by atoms with Crippen molar-refractivity contribution in [1.29, 1.82) is 0 Å². The number of carbonyl (C=O) groups excluding carboxylic acids is 2. The molecule has 2 saturated heterocycles. The lowest BCUT2D eigenvalue weighted by Gasteiger charge is -2.22. The number of aromatic nitrogens is 1. The molecule has 2 aromatic rings. The fourth-order valence-corrected chi connectivity index (χ4v) is 3.77. The van der Waals surface area contributed by atoms with Gasteiger partial charge in [0, 0.05) is 50.1 Å². The summed E-state index contributed by atoms with van der Waals surface area (Å²) in [6, 6.07) is 12.9. The van der Waals surface area contributed by atoms with E-state index in [1.54, 1.807) is 35.2 Å². The van der Waals surface area contributed by atoms with Gasteiger partial charge in [-0.2, -0.15) is 0 Å². The zero-order valence-electron chi connectivity index (χ0n) is 16.5. The highest BCUT2D eigenvalue weighted by Gasteiger charge is 2.33. The molecule has 7 nitrogen and oxygen atoms in total. The summed E-state index contributed by atoms with van der Waals surface area (Å²) in [6.45, 7) is 2.21. The molecule has 2 aliphatic heterocycles. The van der Waals surface area contributed by atoms with Crippen LogP contribution in [0.2, 0.25) is 0 Å². The lowest BCUT2D eigenvalue weighted by atomic mass is 10.1. The monoisotopic (exact) mass is 395 g/mol. The number of likely N-dealkylation sites (tertiary alicyclic amines) is 1. The van der Waals surface area contributed by atoms with E-state index in [-0.39, 0.29) is 23.8 Å². The molecule has 29 heavy (non-hydrogen) atoms. The first-order valence-electron chi connectivity index (χ1n) is 9.94. The Morgan fingerprint density at radius 1 is 1.21 bits per heavy atom. The average Bonchev–Trinajstić information content (AvgIpc) is 3.45. The van der Waals surface area contributed by atoms with Crippen molar-refractivity contribution in [2.45, 2.75) is 18.9 Å². The quantitative estimate of drug-likeness (QED) is 0.777. The van der Waals surface area contributed by atoms with Crippen LogP contribution < -0.4 is 9.64 Å². The van der Waals surface area contributed by atoms with Gasteiger partial charge in [0.15, 0.2) is 0 Å². The first-order chi connectivity index (χ1) is 14.1. The molecule has 152 valence electrons. The molecule has 0 aliphatic carbocycles. The van der Waals surface area contributed by atoms with Crippen LogP contribution in [-0.2, 0) is 9.53 Å². The van der Waals surface area contributed by atoms with Crippen LogP contribution in [0.15, 0.2) is 48.7 Å². The Morgan fingerprint density at radius 3 is 2.79 bits per heavy atom. The van der Waals surface area contributed by atoms with Crippen molar-refractivity contribution in [3.05, 3.63) is 54.2 Å². The van der Waals surface area contributed by atoms with Crippen molar-refractivity contribution >= 4 is 17.5 Å². The van der Waals surface area contributed by atoms with Crippen molar-refractivity contribution in [2.24, 2.45) is 5.92 Å². The van der Waals surface area contributed by atoms with Crippen LogP contribution >= 0.6 is 0 Å². The Bertz CT molecular complexity index is 867. The fourth-order valence-electron chi connectivity index (χ4n) is 3.77. The van der Waals surface area contributed by atoms with Gasteiger partial charge in [-0.05, 0) is 24.6 Å². The molecule has 2 aliphatic rings. The standard InChI is InChI=1S/C22H25N3O4/c1-24(18-5-3-2-4-6-18)21(26)17-8-11-25(14-17)22(27)16-7-10-23-20(13-16)29-19-9-12-28-15-19/h2-7,10,13,17,19H,8-9,11-12,14-15H2,1H3/t17-,19-/m1/s1. The smallest absolute Gasteiger partial charge is 0.254 e. The first kappa shape index (κ1) is 19.4. The van der Waals surface area contributed by atoms with E-state index in [0.717, 1.165) is 12.1 Å². The van der Waals surface area contributed by atoms with Gasteiger partial charge in [-0.1, -0.05) is 18.2 Å². The molecule has 0 N–H and O–H groups in total. The Labute approximate surface area is 170 Å². The van der Waals surface area contributed by atoms with Gasteiger partial charge in [-0.15, -0.1) is 0 Å². The molecule has 0 bridgehead atoms. The van der Waals surface area contributed by atoms with Gasteiger partial charge in [-0.25, -0.2) is 4.98 Å². The molecule has 3 heterocycles. The minimum atomic E-state index is -0.197. The molecule has 0 saturated carbocycles. The zero-order chi connectivity index (χ0) is 20.2. The number of rotatable bonds is 5. The van der Waals surface area contributed by atoms with Crippen molar-refractivity contribution in [1.82, 2.24) is 9.88 Å². The maximum Gasteiger partial charge on any atom is 0.254 e. The van der Waals surface area contributed by atoms with Crippen molar-refractivity contribution in [2.75, 3.05) is 38.3 Å². The average molecular weight is 395 g/mol. The van der Waals surface area contributed by atoms with Crippen LogP contribution in [0.5, 0.6) is 5.88 Å². The number of hydrogen-bond donors (Lipinski definition) is 0. The Kier molecular flexibility index (Phi) is 5.76. The predicted octanol–water partition coefficient (Wildman–Crippen LogP) is 2.37. The van der Waals surface area contributed by atoms with Crippen LogP contribution in [0, 0.1) is 5.92 Å². The summed E-state index contributed by atoms with van der Waals surface area (Å²) in [6.07, 6.45) is 3.05. The first-order valence-corrected chi connectivity index (χ1v) is 9.94. The summed E-state index contributed by atoms with van der Waals surface area (Å²) in [5.41, 5.74) is 1.38. The van der Waals surface area contributed by atoms with Crippen molar-refractivity contribution in [3.63, 3.8) is 0 Å². The van der Waals surface area contributed by atoms with E-state index in [2.05, 4.69) is 4.98 Å². The van der Waals surface area contributed by atoms with Gasteiger partial charge in [0.1, 0.15) is 6.10 Å². The third-order valence-electron chi connectivity index (χ3n) is 5.46. The molecule has 0 radical (unpaired) electrons. The molecule has 0 unspecified atom stereocenters. The van der Waals surface area contributed by atoms with Gasteiger partial charge in [-0.3, -0.25) is 9.59 Å². The molecule has 1 aromatic carbocycles. The minimum Gasteiger partial charge on any atom is -0.472 e. The van der Waals surface area contributed by atoms with Gasteiger partial charge >= 0.3 is 0 Å². The van der Waals surface area contributed by atoms with Gasteiger partial charge in [0.25, 0.3) is 5.91 Å². The van der Waals surface area contributed by atoms with Crippen molar-refractivity contribution in [3.8, 4) is 5.88 Å². The zero-order valence-corrected chi connectivity index (χ0v) is 16.5. The number of para-hydroxylation sites is 1. The highest BCUT2D eigenvalue weighted by atomic mass is 16.5. The van der Waals surface area contributed by atoms with E-state index in [4.69, 9.17) is 9.47 Å². The summed E-state index contributed by atoms with van der Waals surface area (Å²) >= 11 is 0. The minimum absolute atomic E-state index is 0.0184. The summed E-state index contributed by atoms with van der Waals surface area (Å²) in [5.74, 6) is 0.170. The van der Waals surface area contributed by atoms with E-state index in [1.165, 1.54) is 0 Å². The Balaban J connectivity index is 1.38. The molecule has 0 spiro atoms. The molecule has 2 fully saturated rings. The second-order valence-corrected chi connectivity index (χ2v) is 7.46. The highest BCUT2D eigenvalue weighted by molar-refractivity contribution is 5.97. The van der Waals surface area contributed by atoms with Crippen LogP contribution in [0.1, 0.15) is 23.2 Å². The number of amides is 2. The maximum absolute atomic E-state index is 12.9. The van der Waals surface area contributed by atoms with Crippen LogP contribution in [-0.4, -0.2) is 61.2 Å². The normalized spacial score (nSPS) is 21.2. The van der Waals surface area contributed by atoms with Crippen molar-refractivity contribution < 1.29 is 19.1 Å². The van der Waals surface area contributed by atoms with Gasteiger partial charge in [0.2, 0.25) is 11.8 Å². The molecule has 2 atom stereocenters. The third kappa shape index (κ3) is 4.40. The van der Waals surface area contributed by atoms with E-state index in [9.17, 15) is 9.59 Å². The van der Waals surface area contributed by atoms with E-state index >= 15 is 0 Å². The van der Waals surface area contributed by atoms with Crippen LogP contribution in [0.25, 0.3) is 0 Å². The lowest BCUT2D eigenvalue weighted by molar-refractivity contribution is -0.121. The summed E-state index contributed by atoms with van der Waals surface area (Å²) < 4.78 is 11.1. The van der Waals surface area contributed by atoms with Gasteiger partial charge < -0.3 is 19.3 Å². The number of benzene rings is 1. The topological polar surface area (TPSA) is 72.0 Å². The predicted molar refractivity (Wildman–Crippen MR) is 108 cm³/mol. The molecular formula is C22H25N3O4. The summed E-state index contributed by atoms with van der Waals surface area (Å²) in [5, 5.41) is 0. The molecule has 7 heteroatoms. The summed E-state index contributed by atoms with van der Waals surface area (Å²) in [4.78, 5) is 33.4. The number of pyridine rings is 1. The highest BCUT2D eigenvalue weighted by Crippen LogP contribution is 2.24. The number of carbonyl (C=O) groups is 2. The number of nitrogens with zero attached hydrogens (tertiary/aromatic N) is 3. The fraction of sp³-hybridized carbons (Fsp3) is 0.409. The number of anilines is 1. The SMILES string of the molecule is CN(C(=O)[C@@H]1CCN(C(=O)c2ccnc(O[C@@H]3CCOC3)c2)C1)c1ccccc1. The molecule has 1 aromatic heterocycles. The maximum atomic E-state index is 12.9.